The van der Waals surface area contributed by atoms with Crippen LogP contribution < -0.4 is 5.73 Å². The Kier molecular flexibility index (Phi) is 4.74. The van der Waals surface area contributed by atoms with Crippen LogP contribution in [0.5, 0.6) is 0 Å². The van der Waals surface area contributed by atoms with Gasteiger partial charge in [-0.15, -0.1) is 0 Å². The first-order chi connectivity index (χ1) is 9.16. The maximum atomic E-state index is 12.1. The second-order valence-electron chi connectivity index (χ2n) is 5.26. The fourth-order valence-corrected chi connectivity index (χ4v) is 2.52. The van der Waals surface area contributed by atoms with Crippen LogP contribution in [0.2, 0.25) is 0 Å². The molecule has 3 nitrogen and oxygen atoms in total. The highest BCUT2D eigenvalue weighted by Gasteiger charge is 2.23. The van der Waals surface area contributed by atoms with E-state index in [0.29, 0.717) is 12.1 Å². The number of rotatable bonds is 3. The third kappa shape index (κ3) is 3.93. The lowest BCUT2D eigenvalue weighted by molar-refractivity contribution is -0.127. The molecule has 1 aliphatic carbocycles. The number of nitrogens with zero attached hydrogens (tertiary/aromatic N) is 1. The summed E-state index contributed by atoms with van der Waals surface area (Å²) in [6.07, 6.45) is 7.60. The first-order valence-corrected chi connectivity index (χ1v) is 6.92. The normalized spacial score (nSPS) is 23.5. The first kappa shape index (κ1) is 13.8. The summed E-state index contributed by atoms with van der Waals surface area (Å²) in [7, 11) is 1.89. The Bertz CT molecular complexity index is 433. The van der Waals surface area contributed by atoms with E-state index in [1.165, 1.54) is 0 Å². The van der Waals surface area contributed by atoms with Crippen molar-refractivity contribution in [2.75, 3.05) is 7.05 Å². The Labute approximate surface area is 115 Å². The minimum atomic E-state index is 0.0734. The highest BCUT2D eigenvalue weighted by molar-refractivity contribution is 5.91. The number of carbonyl (C=O) groups excluding carboxylic acids is 1. The van der Waals surface area contributed by atoms with Crippen molar-refractivity contribution in [3.8, 4) is 0 Å². The number of hydrogen-bond donors (Lipinski definition) is 1. The Morgan fingerprint density at radius 1 is 1.21 bits per heavy atom. The van der Waals surface area contributed by atoms with Crippen LogP contribution in [0, 0.1) is 0 Å². The molecule has 0 atom stereocenters. The average Bonchev–Trinajstić information content (AvgIpc) is 2.46. The van der Waals surface area contributed by atoms with Crippen molar-refractivity contribution in [2.45, 2.75) is 37.8 Å². The second kappa shape index (κ2) is 6.53. The van der Waals surface area contributed by atoms with Crippen LogP contribution >= 0.6 is 0 Å². The van der Waals surface area contributed by atoms with Crippen molar-refractivity contribution in [3.63, 3.8) is 0 Å². The third-order valence-electron chi connectivity index (χ3n) is 3.85. The summed E-state index contributed by atoms with van der Waals surface area (Å²) in [5.41, 5.74) is 6.94. The number of likely N-dealkylation sites (N-methyl/N-ethyl adjacent to an activating group) is 1. The van der Waals surface area contributed by atoms with Crippen LogP contribution in [0.3, 0.4) is 0 Å². The van der Waals surface area contributed by atoms with Crippen molar-refractivity contribution < 1.29 is 4.79 Å². The third-order valence-corrected chi connectivity index (χ3v) is 3.85. The Morgan fingerprint density at radius 3 is 2.47 bits per heavy atom. The zero-order valence-corrected chi connectivity index (χ0v) is 11.5. The quantitative estimate of drug-likeness (QED) is 0.846. The van der Waals surface area contributed by atoms with Crippen molar-refractivity contribution >= 4 is 12.0 Å². The smallest absolute Gasteiger partial charge is 0.246 e. The molecule has 2 N–H and O–H groups in total. The molecule has 2 rings (SSSR count). The summed E-state index contributed by atoms with van der Waals surface area (Å²) in [4.78, 5) is 14.0. The van der Waals surface area contributed by atoms with Crippen molar-refractivity contribution in [1.82, 2.24) is 4.90 Å². The molecular formula is C16H22N2O. The fourth-order valence-electron chi connectivity index (χ4n) is 2.52. The van der Waals surface area contributed by atoms with Gasteiger partial charge in [0.2, 0.25) is 5.91 Å². The van der Waals surface area contributed by atoms with Gasteiger partial charge in [0.1, 0.15) is 0 Å². The SMILES string of the molecule is CN(C(=O)C=Cc1ccccc1)C1CCC(N)CC1. The predicted octanol–water partition coefficient (Wildman–Crippen LogP) is 2.43. The molecule has 1 amide bonds. The van der Waals surface area contributed by atoms with Gasteiger partial charge in [0.15, 0.2) is 0 Å². The lowest BCUT2D eigenvalue weighted by Gasteiger charge is -2.32. The van der Waals surface area contributed by atoms with E-state index in [2.05, 4.69) is 0 Å². The highest BCUT2D eigenvalue weighted by Crippen LogP contribution is 2.21. The van der Waals surface area contributed by atoms with Gasteiger partial charge in [0, 0.05) is 25.2 Å². The van der Waals surface area contributed by atoms with Gasteiger partial charge in [-0.05, 0) is 37.3 Å². The molecule has 0 radical (unpaired) electrons. The van der Waals surface area contributed by atoms with Crippen molar-refractivity contribution in [1.29, 1.82) is 0 Å². The monoisotopic (exact) mass is 258 g/mol. The van der Waals surface area contributed by atoms with Gasteiger partial charge in [-0.2, -0.15) is 0 Å². The van der Waals surface area contributed by atoms with E-state index in [4.69, 9.17) is 5.73 Å². The summed E-state index contributed by atoms with van der Waals surface area (Å²) in [6, 6.07) is 10.5. The molecule has 0 spiro atoms. The van der Waals surface area contributed by atoms with Gasteiger partial charge in [-0.1, -0.05) is 30.3 Å². The molecule has 1 aromatic rings. The molecule has 1 fully saturated rings. The standard InChI is InChI=1S/C16H22N2O/c1-18(15-10-8-14(17)9-11-15)16(19)12-7-13-5-3-2-4-6-13/h2-7,12,14-15H,8-11,17H2,1H3. The van der Waals surface area contributed by atoms with Gasteiger partial charge in [-0.3, -0.25) is 4.79 Å². The summed E-state index contributed by atoms with van der Waals surface area (Å²) >= 11 is 0. The molecule has 0 aliphatic heterocycles. The van der Waals surface area contributed by atoms with Crippen LogP contribution in [0.25, 0.3) is 6.08 Å². The molecule has 102 valence electrons. The van der Waals surface area contributed by atoms with E-state index in [-0.39, 0.29) is 5.91 Å². The van der Waals surface area contributed by atoms with Crippen LogP contribution in [-0.4, -0.2) is 29.9 Å². The van der Waals surface area contributed by atoms with Gasteiger partial charge in [0.25, 0.3) is 0 Å². The van der Waals surface area contributed by atoms with E-state index in [9.17, 15) is 4.79 Å². The Hall–Kier alpha value is -1.61. The lowest BCUT2D eigenvalue weighted by atomic mass is 9.91. The van der Waals surface area contributed by atoms with Crippen molar-refractivity contribution in [3.05, 3.63) is 42.0 Å². The van der Waals surface area contributed by atoms with Gasteiger partial charge >= 0.3 is 0 Å². The molecule has 1 aliphatic rings. The maximum Gasteiger partial charge on any atom is 0.246 e. The fraction of sp³-hybridized carbons (Fsp3) is 0.438. The highest BCUT2D eigenvalue weighted by atomic mass is 16.2. The summed E-state index contributed by atoms with van der Waals surface area (Å²) in [5, 5.41) is 0. The van der Waals surface area contributed by atoms with Gasteiger partial charge < -0.3 is 10.6 Å². The number of amides is 1. The van der Waals surface area contributed by atoms with Crippen molar-refractivity contribution in [2.24, 2.45) is 5.73 Å². The molecule has 0 saturated heterocycles. The number of carbonyl (C=O) groups is 1. The van der Waals surface area contributed by atoms with E-state index < -0.39 is 0 Å². The topological polar surface area (TPSA) is 46.3 Å². The molecule has 0 heterocycles. The lowest BCUT2D eigenvalue weighted by Crippen LogP contribution is -2.41. The van der Waals surface area contributed by atoms with Crippen LogP contribution in [0.1, 0.15) is 31.2 Å². The molecule has 0 unspecified atom stereocenters. The molecule has 19 heavy (non-hydrogen) atoms. The minimum Gasteiger partial charge on any atom is -0.339 e. The zero-order chi connectivity index (χ0) is 13.7. The van der Waals surface area contributed by atoms with Gasteiger partial charge in [-0.25, -0.2) is 0 Å². The maximum absolute atomic E-state index is 12.1. The van der Waals surface area contributed by atoms with Crippen LogP contribution in [0.4, 0.5) is 0 Å². The molecule has 1 saturated carbocycles. The Balaban J connectivity index is 1.91. The second-order valence-corrected chi connectivity index (χ2v) is 5.26. The number of nitrogens with two attached hydrogens (primary N) is 1. The molecule has 0 aromatic heterocycles. The molecular weight excluding hydrogens is 236 g/mol. The first-order valence-electron chi connectivity index (χ1n) is 6.92. The number of hydrogen-bond acceptors (Lipinski definition) is 2. The summed E-state index contributed by atoms with van der Waals surface area (Å²) < 4.78 is 0. The van der Waals surface area contributed by atoms with E-state index in [0.717, 1.165) is 31.2 Å². The van der Waals surface area contributed by atoms with E-state index >= 15 is 0 Å². The zero-order valence-electron chi connectivity index (χ0n) is 11.5. The Morgan fingerprint density at radius 2 is 1.84 bits per heavy atom. The largest absolute Gasteiger partial charge is 0.339 e. The molecule has 3 heteroatoms. The predicted molar refractivity (Wildman–Crippen MR) is 78.5 cm³/mol. The molecule has 1 aromatic carbocycles. The summed E-state index contributed by atoms with van der Waals surface area (Å²) in [5.74, 6) is 0.0734. The average molecular weight is 258 g/mol. The minimum absolute atomic E-state index is 0.0734. The van der Waals surface area contributed by atoms with Crippen LogP contribution in [0.15, 0.2) is 36.4 Å². The van der Waals surface area contributed by atoms with Gasteiger partial charge in [0.05, 0.1) is 0 Å². The summed E-state index contributed by atoms with van der Waals surface area (Å²) in [6.45, 7) is 0. The van der Waals surface area contributed by atoms with Crippen LogP contribution in [-0.2, 0) is 4.79 Å². The molecule has 0 bridgehead atoms. The number of benzene rings is 1. The van der Waals surface area contributed by atoms with E-state index in [1.807, 2.05) is 48.4 Å². The van der Waals surface area contributed by atoms with E-state index in [1.54, 1.807) is 6.08 Å².